The van der Waals surface area contributed by atoms with Gasteiger partial charge in [0, 0.05) is 42.9 Å². The first-order valence-corrected chi connectivity index (χ1v) is 8.62. The highest BCUT2D eigenvalue weighted by molar-refractivity contribution is 6.03. The van der Waals surface area contributed by atoms with Crippen LogP contribution < -0.4 is 15.5 Å². The quantitative estimate of drug-likeness (QED) is 0.849. The van der Waals surface area contributed by atoms with Crippen molar-refractivity contribution in [3.63, 3.8) is 0 Å². The van der Waals surface area contributed by atoms with E-state index in [1.165, 1.54) is 18.5 Å². The Hall–Kier alpha value is -2.56. The number of rotatable bonds is 6. The van der Waals surface area contributed by atoms with Gasteiger partial charge in [0.15, 0.2) is 0 Å². The number of nitrogens with zero attached hydrogens (tertiary/aromatic N) is 2. The van der Waals surface area contributed by atoms with E-state index in [1.807, 2.05) is 18.2 Å². The monoisotopic (exact) mass is 324 g/mol. The second kappa shape index (κ2) is 7.81. The van der Waals surface area contributed by atoms with Crippen molar-refractivity contribution in [2.75, 3.05) is 35.2 Å². The fourth-order valence-electron chi connectivity index (χ4n) is 2.86. The SMILES string of the molecule is CCCNc1ccnc(C(=O)Nc2ccc(N3CCCC3)cc2)c1. The van der Waals surface area contributed by atoms with Crippen LogP contribution in [0.5, 0.6) is 0 Å². The average Bonchev–Trinajstić information content (AvgIpc) is 3.15. The predicted molar refractivity (Wildman–Crippen MR) is 98.9 cm³/mol. The Morgan fingerprint density at radius 2 is 1.88 bits per heavy atom. The number of carbonyl (C=O) groups is 1. The van der Waals surface area contributed by atoms with Gasteiger partial charge in [0.25, 0.3) is 5.91 Å². The molecule has 0 bridgehead atoms. The molecular formula is C19H24N4O. The van der Waals surface area contributed by atoms with E-state index in [-0.39, 0.29) is 5.91 Å². The van der Waals surface area contributed by atoms with Crippen molar-refractivity contribution in [2.24, 2.45) is 0 Å². The minimum Gasteiger partial charge on any atom is -0.385 e. The number of hydrogen-bond donors (Lipinski definition) is 2. The molecule has 24 heavy (non-hydrogen) atoms. The van der Waals surface area contributed by atoms with E-state index >= 15 is 0 Å². The Morgan fingerprint density at radius 3 is 2.58 bits per heavy atom. The molecule has 5 nitrogen and oxygen atoms in total. The lowest BCUT2D eigenvalue weighted by Crippen LogP contribution is -2.17. The standard InChI is InChI=1S/C19H24N4O/c1-2-10-20-16-9-11-21-18(14-16)19(24)22-15-5-7-17(8-6-15)23-12-3-4-13-23/h5-9,11,14H,2-4,10,12-13H2,1H3,(H,20,21)(H,22,24). The van der Waals surface area contributed by atoms with Crippen molar-refractivity contribution >= 4 is 23.0 Å². The summed E-state index contributed by atoms with van der Waals surface area (Å²) >= 11 is 0. The van der Waals surface area contributed by atoms with Gasteiger partial charge >= 0.3 is 0 Å². The average molecular weight is 324 g/mol. The minimum absolute atomic E-state index is 0.191. The van der Waals surface area contributed by atoms with E-state index in [4.69, 9.17) is 0 Å². The van der Waals surface area contributed by atoms with E-state index in [0.29, 0.717) is 5.69 Å². The molecule has 5 heteroatoms. The Bertz CT molecular complexity index is 678. The van der Waals surface area contributed by atoms with Gasteiger partial charge in [0.1, 0.15) is 5.69 Å². The van der Waals surface area contributed by atoms with Crippen LogP contribution >= 0.6 is 0 Å². The summed E-state index contributed by atoms with van der Waals surface area (Å²) in [5.74, 6) is -0.191. The van der Waals surface area contributed by atoms with Gasteiger partial charge in [-0.05, 0) is 55.7 Å². The zero-order valence-corrected chi connectivity index (χ0v) is 14.1. The molecule has 2 N–H and O–H groups in total. The van der Waals surface area contributed by atoms with Crippen molar-refractivity contribution in [1.82, 2.24) is 4.98 Å². The summed E-state index contributed by atoms with van der Waals surface area (Å²) in [7, 11) is 0. The third-order valence-corrected chi connectivity index (χ3v) is 4.17. The summed E-state index contributed by atoms with van der Waals surface area (Å²) in [4.78, 5) is 18.9. The summed E-state index contributed by atoms with van der Waals surface area (Å²) < 4.78 is 0. The minimum atomic E-state index is -0.191. The normalized spacial score (nSPS) is 13.8. The van der Waals surface area contributed by atoms with Crippen LogP contribution in [0.4, 0.5) is 17.1 Å². The molecule has 3 rings (SSSR count). The zero-order valence-electron chi connectivity index (χ0n) is 14.1. The van der Waals surface area contributed by atoms with Gasteiger partial charge in [-0.1, -0.05) is 6.92 Å². The van der Waals surface area contributed by atoms with Gasteiger partial charge in [0.2, 0.25) is 0 Å². The second-order valence-electron chi connectivity index (χ2n) is 6.05. The first kappa shape index (κ1) is 16.3. The topological polar surface area (TPSA) is 57.3 Å². The first-order valence-electron chi connectivity index (χ1n) is 8.62. The van der Waals surface area contributed by atoms with E-state index < -0.39 is 0 Å². The van der Waals surface area contributed by atoms with E-state index in [0.717, 1.165) is 37.4 Å². The van der Waals surface area contributed by atoms with Crippen LogP contribution in [0.1, 0.15) is 36.7 Å². The molecule has 1 aromatic heterocycles. The highest BCUT2D eigenvalue weighted by atomic mass is 16.1. The molecule has 0 aliphatic carbocycles. The smallest absolute Gasteiger partial charge is 0.274 e. The summed E-state index contributed by atoms with van der Waals surface area (Å²) in [5, 5.41) is 6.18. The molecule has 2 heterocycles. The number of benzene rings is 1. The maximum Gasteiger partial charge on any atom is 0.274 e. The molecule has 1 fully saturated rings. The van der Waals surface area contributed by atoms with Crippen LogP contribution in [0, 0.1) is 0 Å². The maximum absolute atomic E-state index is 12.4. The largest absolute Gasteiger partial charge is 0.385 e. The summed E-state index contributed by atoms with van der Waals surface area (Å²) in [5.41, 5.74) is 3.34. The zero-order chi connectivity index (χ0) is 16.8. The van der Waals surface area contributed by atoms with Gasteiger partial charge in [-0.25, -0.2) is 0 Å². The summed E-state index contributed by atoms with van der Waals surface area (Å²) in [6.07, 6.45) is 5.20. The molecule has 1 aromatic carbocycles. The van der Waals surface area contributed by atoms with Crippen molar-refractivity contribution in [3.8, 4) is 0 Å². The van der Waals surface area contributed by atoms with Crippen molar-refractivity contribution in [3.05, 3.63) is 48.3 Å². The number of aromatic nitrogens is 1. The third-order valence-electron chi connectivity index (χ3n) is 4.17. The Kier molecular flexibility index (Phi) is 5.31. The molecule has 2 aromatic rings. The molecule has 0 spiro atoms. The number of nitrogens with one attached hydrogen (secondary N) is 2. The maximum atomic E-state index is 12.4. The Balaban J connectivity index is 1.63. The Morgan fingerprint density at radius 1 is 1.12 bits per heavy atom. The highest BCUT2D eigenvalue weighted by Crippen LogP contribution is 2.22. The van der Waals surface area contributed by atoms with Crippen LogP contribution in [-0.4, -0.2) is 30.5 Å². The number of pyridine rings is 1. The van der Waals surface area contributed by atoms with Gasteiger partial charge in [-0.2, -0.15) is 0 Å². The molecule has 1 saturated heterocycles. The molecular weight excluding hydrogens is 300 g/mol. The fraction of sp³-hybridized carbons (Fsp3) is 0.368. The third kappa shape index (κ3) is 4.04. The fourth-order valence-corrected chi connectivity index (χ4v) is 2.86. The van der Waals surface area contributed by atoms with Crippen molar-refractivity contribution in [2.45, 2.75) is 26.2 Å². The van der Waals surface area contributed by atoms with Gasteiger partial charge in [-0.15, -0.1) is 0 Å². The van der Waals surface area contributed by atoms with E-state index in [9.17, 15) is 4.79 Å². The van der Waals surface area contributed by atoms with Crippen LogP contribution in [0.2, 0.25) is 0 Å². The van der Waals surface area contributed by atoms with Crippen molar-refractivity contribution < 1.29 is 4.79 Å². The van der Waals surface area contributed by atoms with E-state index in [2.05, 4.69) is 39.6 Å². The lowest BCUT2D eigenvalue weighted by molar-refractivity contribution is 0.102. The molecule has 0 atom stereocenters. The Labute approximate surface area is 143 Å². The number of anilines is 3. The lowest BCUT2D eigenvalue weighted by atomic mass is 10.2. The predicted octanol–water partition coefficient (Wildman–Crippen LogP) is 3.76. The molecule has 126 valence electrons. The van der Waals surface area contributed by atoms with Crippen molar-refractivity contribution in [1.29, 1.82) is 0 Å². The lowest BCUT2D eigenvalue weighted by Gasteiger charge is -2.17. The van der Waals surface area contributed by atoms with Crippen LogP contribution in [0.15, 0.2) is 42.6 Å². The molecule has 1 aliphatic rings. The molecule has 0 unspecified atom stereocenters. The number of carbonyl (C=O) groups excluding carboxylic acids is 1. The summed E-state index contributed by atoms with van der Waals surface area (Å²) in [6.45, 7) is 5.22. The molecule has 0 saturated carbocycles. The summed E-state index contributed by atoms with van der Waals surface area (Å²) in [6, 6.07) is 11.7. The first-order chi connectivity index (χ1) is 11.8. The molecule has 0 radical (unpaired) electrons. The van der Waals surface area contributed by atoms with Crippen LogP contribution in [0.3, 0.4) is 0 Å². The van der Waals surface area contributed by atoms with Crippen LogP contribution in [-0.2, 0) is 0 Å². The van der Waals surface area contributed by atoms with Gasteiger partial charge in [0.05, 0.1) is 0 Å². The highest BCUT2D eigenvalue weighted by Gasteiger charge is 2.13. The molecule has 1 aliphatic heterocycles. The molecule has 1 amide bonds. The number of hydrogen-bond acceptors (Lipinski definition) is 4. The number of amides is 1. The van der Waals surface area contributed by atoms with E-state index in [1.54, 1.807) is 12.3 Å². The van der Waals surface area contributed by atoms with Crippen LogP contribution in [0.25, 0.3) is 0 Å². The second-order valence-corrected chi connectivity index (χ2v) is 6.05. The van der Waals surface area contributed by atoms with Gasteiger partial charge in [-0.3, -0.25) is 9.78 Å². The van der Waals surface area contributed by atoms with Gasteiger partial charge < -0.3 is 15.5 Å².